The molecule has 3 heterocycles. The number of likely N-dealkylation sites (tertiary alicyclic amines) is 1. The molecule has 0 bridgehead atoms. The van der Waals surface area contributed by atoms with Crippen molar-refractivity contribution in [2.45, 2.75) is 38.8 Å². The van der Waals surface area contributed by atoms with Gasteiger partial charge >= 0.3 is 12.5 Å². The van der Waals surface area contributed by atoms with Gasteiger partial charge in [-0.15, -0.1) is 13.2 Å². The highest BCUT2D eigenvalue weighted by Gasteiger charge is 2.34. The monoisotopic (exact) mass is 503 g/mol. The second-order valence-corrected chi connectivity index (χ2v) is 9.01. The van der Waals surface area contributed by atoms with E-state index in [4.69, 9.17) is 4.74 Å². The van der Waals surface area contributed by atoms with Gasteiger partial charge in [0, 0.05) is 42.8 Å². The first-order valence-corrected chi connectivity index (χ1v) is 11.0. The predicted molar refractivity (Wildman–Crippen MR) is 125 cm³/mol. The van der Waals surface area contributed by atoms with Crippen molar-refractivity contribution in [3.05, 3.63) is 49.1 Å². The molecule has 3 aromatic rings. The van der Waals surface area contributed by atoms with Crippen molar-refractivity contribution >= 4 is 23.5 Å². The first-order valence-electron chi connectivity index (χ1n) is 11.0. The van der Waals surface area contributed by atoms with Crippen LogP contribution in [-0.2, 0) is 4.74 Å². The molecule has 1 aliphatic heterocycles. The summed E-state index contributed by atoms with van der Waals surface area (Å²) >= 11 is 0. The van der Waals surface area contributed by atoms with E-state index in [1.807, 2.05) is 20.8 Å². The number of nitrogens with zero attached hydrogens (tertiary/aromatic N) is 5. The Morgan fingerprint density at radius 3 is 2.47 bits per heavy atom. The molecule has 13 heteroatoms. The lowest BCUT2D eigenvalue weighted by molar-refractivity contribution is -0.274. The van der Waals surface area contributed by atoms with Crippen molar-refractivity contribution in [2.75, 3.05) is 23.7 Å². The fourth-order valence-electron chi connectivity index (χ4n) is 3.25. The van der Waals surface area contributed by atoms with Crippen LogP contribution in [0, 0.1) is 0 Å². The van der Waals surface area contributed by atoms with Crippen LogP contribution in [0.3, 0.4) is 0 Å². The average molecular weight is 503 g/mol. The lowest BCUT2D eigenvalue weighted by Crippen LogP contribution is -2.58. The van der Waals surface area contributed by atoms with Crippen LogP contribution in [0.5, 0.6) is 5.75 Å². The molecular formula is C23H24F3N7O3. The summed E-state index contributed by atoms with van der Waals surface area (Å²) in [5.74, 6) is 0.358. The van der Waals surface area contributed by atoms with Crippen molar-refractivity contribution in [1.82, 2.24) is 24.8 Å². The van der Waals surface area contributed by atoms with Gasteiger partial charge in [0.15, 0.2) is 0 Å². The summed E-state index contributed by atoms with van der Waals surface area (Å²) in [7, 11) is 0. The molecule has 0 unspecified atom stereocenters. The molecule has 0 saturated carbocycles. The number of benzene rings is 1. The summed E-state index contributed by atoms with van der Waals surface area (Å²) in [6.45, 7) is 6.43. The van der Waals surface area contributed by atoms with Crippen molar-refractivity contribution in [1.29, 1.82) is 0 Å². The highest BCUT2D eigenvalue weighted by molar-refractivity contribution is 5.69. The zero-order valence-electron chi connectivity index (χ0n) is 19.7. The van der Waals surface area contributed by atoms with Gasteiger partial charge in [0.1, 0.15) is 17.2 Å². The maximum Gasteiger partial charge on any atom is 0.573 e. The summed E-state index contributed by atoms with van der Waals surface area (Å²) in [5.41, 5.74) is 0.899. The number of carbonyl (C=O) groups excluding carboxylic acids is 1. The summed E-state index contributed by atoms with van der Waals surface area (Å²) in [4.78, 5) is 30.8. The summed E-state index contributed by atoms with van der Waals surface area (Å²) in [6, 6.07) is 5.38. The van der Waals surface area contributed by atoms with E-state index >= 15 is 0 Å². The standard InChI is InChI=1S/C23H24F3N7O3/c1-22(2,3)36-21(34)33-12-16(13-33)30-19-11-27-10-18(32-19)14-8-28-20(29-9-14)31-15-5-4-6-17(7-15)35-23(24,25)26/h4-11,16H,12-13H2,1-3H3,(H,30,32)(H,28,29,31). The number of halogens is 3. The second kappa shape index (κ2) is 9.84. The van der Waals surface area contributed by atoms with E-state index in [2.05, 4.69) is 35.3 Å². The van der Waals surface area contributed by atoms with Crippen LogP contribution in [0.15, 0.2) is 49.1 Å². The van der Waals surface area contributed by atoms with Crippen LogP contribution >= 0.6 is 0 Å². The lowest BCUT2D eigenvalue weighted by Gasteiger charge is -2.40. The Bertz CT molecular complexity index is 1210. The van der Waals surface area contributed by atoms with E-state index in [9.17, 15) is 18.0 Å². The molecule has 190 valence electrons. The number of anilines is 3. The van der Waals surface area contributed by atoms with E-state index < -0.39 is 12.0 Å². The Balaban J connectivity index is 1.34. The lowest BCUT2D eigenvalue weighted by atomic mass is 10.1. The molecule has 1 saturated heterocycles. The first-order chi connectivity index (χ1) is 16.9. The van der Waals surface area contributed by atoms with E-state index in [-0.39, 0.29) is 23.8 Å². The van der Waals surface area contributed by atoms with E-state index in [1.165, 1.54) is 30.6 Å². The van der Waals surface area contributed by atoms with Gasteiger partial charge in [0.2, 0.25) is 5.95 Å². The van der Waals surface area contributed by atoms with Gasteiger partial charge in [-0.05, 0) is 32.9 Å². The number of alkyl halides is 3. The van der Waals surface area contributed by atoms with Crippen LogP contribution in [0.2, 0.25) is 0 Å². The first kappa shape index (κ1) is 24.9. The van der Waals surface area contributed by atoms with Gasteiger partial charge in [0.05, 0.1) is 24.1 Å². The van der Waals surface area contributed by atoms with Crippen molar-refractivity contribution in [3.8, 4) is 17.0 Å². The van der Waals surface area contributed by atoms with Crippen LogP contribution in [0.1, 0.15) is 20.8 Å². The second-order valence-electron chi connectivity index (χ2n) is 9.01. The largest absolute Gasteiger partial charge is 0.573 e. The molecule has 2 N–H and O–H groups in total. The molecule has 4 rings (SSSR count). The van der Waals surface area contributed by atoms with Gasteiger partial charge in [-0.3, -0.25) is 4.98 Å². The van der Waals surface area contributed by atoms with Crippen molar-refractivity contribution in [3.63, 3.8) is 0 Å². The maximum absolute atomic E-state index is 12.4. The third-order valence-corrected chi connectivity index (χ3v) is 4.79. The molecule has 0 atom stereocenters. The minimum Gasteiger partial charge on any atom is -0.444 e. The average Bonchev–Trinajstić information content (AvgIpc) is 2.74. The number of hydrogen-bond donors (Lipinski definition) is 2. The molecule has 10 nitrogen and oxygen atoms in total. The van der Waals surface area contributed by atoms with E-state index in [0.29, 0.717) is 35.9 Å². The fourth-order valence-corrected chi connectivity index (χ4v) is 3.25. The van der Waals surface area contributed by atoms with Gasteiger partial charge in [-0.2, -0.15) is 0 Å². The number of nitrogens with one attached hydrogen (secondary N) is 2. The number of amides is 1. The number of aromatic nitrogens is 4. The van der Waals surface area contributed by atoms with Crippen LogP contribution < -0.4 is 15.4 Å². The molecule has 1 aromatic carbocycles. The Hall–Kier alpha value is -4.16. The molecule has 0 radical (unpaired) electrons. The smallest absolute Gasteiger partial charge is 0.444 e. The molecule has 1 amide bonds. The SMILES string of the molecule is CC(C)(C)OC(=O)N1CC(Nc2cncc(-c3cnc(Nc4cccc(OC(F)(F)F)c4)nc3)n2)C1. The molecule has 0 spiro atoms. The summed E-state index contributed by atoms with van der Waals surface area (Å²) in [5, 5.41) is 6.06. The topological polar surface area (TPSA) is 114 Å². The molecule has 1 fully saturated rings. The van der Waals surface area contributed by atoms with E-state index in [0.717, 1.165) is 0 Å². The molecular weight excluding hydrogens is 479 g/mol. The van der Waals surface area contributed by atoms with Gasteiger partial charge in [-0.25, -0.2) is 19.7 Å². The highest BCUT2D eigenvalue weighted by atomic mass is 19.4. The van der Waals surface area contributed by atoms with Crippen molar-refractivity contribution in [2.24, 2.45) is 0 Å². The Morgan fingerprint density at radius 1 is 1.08 bits per heavy atom. The minimum atomic E-state index is -4.78. The Kier molecular flexibility index (Phi) is 6.82. The number of hydrogen-bond acceptors (Lipinski definition) is 9. The van der Waals surface area contributed by atoms with Gasteiger partial charge in [0.25, 0.3) is 0 Å². The normalized spacial score (nSPS) is 14.1. The zero-order chi connectivity index (χ0) is 25.9. The van der Waals surface area contributed by atoms with Crippen LogP contribution in [0.4, 0.5) is 35.4 Å². The molecule has 1 aliphatic rings. The van der Waals surface area contributed by atoms with Crippen molar-refractivity contribution < 1.29 is 27.4 Å². The van der Waals surface area contributed by atoms with Crippen LogP contribution in [-0.4, -0.2) is 62.0 Å². The number of carbonyl (C=O) groups is 1. The maximum atomic E-state index is 12.4. The Morgan fingerprint density at radius 2 is 1.81 bits per heavy atom. The molecule has 0 aliphatic carbocycles. The molecule has 2 aromatic heterocycles. The summed E-state index contributed by atoms with van der Waals surface area (Å²) < 4.78 is 46.5. The summed E-state index contributed by atoms with van der Waals surface area (Å²) in [6.07, 6.45) is 1.04. The zero-order valence-corrected chi connectivity index (χ0v) is 19.7. The quantitative estimate of drug-likeness (QED) is 0.498. The van der Waals surface area contributed by atoms with Gasteiger partial charge in [-0.1, -0.05) is 6.07 Å². The third kappa shape index (κ3) is 6.93. The van der Waals surface area contributed by atoms with Crippen LogP contribution in [0.25, 0.3) is 11.3 Å². The number of ether oxygens (including phenoxy) is 2. The molecule has 36 heavy (non-hydrogen) atoms. The predicted octanol–water partition coefficient (Wildman–Crippen LogP) is 4.61. The number of rotatable bonds is 6. The minimum absolute atomic E-state index is 0.0157. The fraction of sp³-hybridized carbons (Fsp3) is 0.348. The highest BCUT2D eigenvalue weighted by Crippen LogP contribution is 2.26. The van der Waals surface area contributed by atoms with E-state index in [1.54, 1.807) is 23.4 Å². The Labute approximate surface area is 204 Å². The third-order valence-electron chi connectivity index (χ3n) is 4.79. The van der Waals surface area contributed by atoms with Gasteiger partial charge < -0.3 is 25.0 Å².